The zero-order valence-electron chi connectivity index (χ0n) is 12.4. The molecule has 0 bridgehead atoms. The molecule has 0 fully saturated rings. The summed E-state index contributed by atoms with van der Waals surface area (Å²) in [4.78, 5) is 8.60. The van der Waals surface area contributed by atoms with Gasteiger partial charge in [0.1, 0.15) is 23.7 Å². The molecule has 112 valence electrons. The molecule has 0 saturated heterocycles. The molecule has 0 saturated carbocycles. The highest BCUT2D eigenvalue weighted by molar-refractivity contribution is 6.32. The maximum absolute atomic E-state index is 6.14. The normalized spacial score (nSPS) is 10.3. The maximum atomic E-state index is 6.14. The molecule has 1 aromatic carbocycles. The number of ether oxygens (including phenoxy) is 1. The molecular formula is C15H19ClN4O. The van der Waals surface area contributed by atoms with Crippen molar-refractivity contribution in [3.8, 4) is 5.75 Å². The molecule has 0 atom stereocenters. The first-order valence-corrected chi connectivity index (χ1v) is 7.25. The standard InChI is InChI=1S/C15H19ClN4O/c1-4-11-14(17-5-2)18-9-19-15(11)20-10-6-7-13(21-3)12(16)8-10/h6-9H,4-5H2,1-3H3,(H2,17,18,19,20). The molecule has 0 unspecified atom stereocenters. The molecular weight excluding hydrogens is 288 g/mol. The first-order chi connectivity index (χ1) is 10.2. The summed E-state index contributed by atoms with van der Waals surface area (Å²) in [6.07, 6.45) is 2.38. The summed E-state index contributed by atoms with van der Waals surface area (Å²) in [5.74, 6) is 2.29. The third-order valence-corrected chi connectivity index (χ3v) is 3.35. The number of benzene rings is 1. The van der Waals surface area contributed by atoms with Crippen LogP contribution in [-0.4, -0.2) is 23.6 Å². The Morgan fingerprint density at radius 3 is 2.57 bits per heavy atom. The summed E-state index contributed by atoms with van der Waals surface area (Å²) < 4.78 is 5.15. The van der Waals surface area contributed by atoms with Gasteiger partial charge in [-0.1, -0.05) is 18.5 Å². The molecule has 6 heteroatoms. The molecule has 1 heterocycles. The summed E-state index contributed by atoms with van der Waals surface area (Å²) in [6, 6.07) is 5.54. The Hall–Kier alpha value is -2.01. The van der Waals surface area contributed by atoms with Crippen molar-refractivity contribution in [2.75, 3.05) is 24.3 Å². The molecule has 0 aliphatic rings. The molecule has 2 N–H and O–H groups in total. The van der Waals surface area contributed by atoms with Crippen molar-refractivity contribution in [1.82, 2.24) is 9.97 Å². The van der Waals surface area contributed by atoms with E-state index in [-0.39, 0.29) is 0 Å². The van der Waals surface area contributed by atoms with Crippen LogP contribution in [-0.2, 0) is 6.42 Å². The Balaban J connectivity index is 2.30. The predicted molar refractivity (Wildman–Crippen MR) is 86.9 cm³/mol. The van der Waals surface area contributed by atoms with E-state index in [4.69, 9.17) is 16.3 Å². The Morgan fingerprint density at radius 2 is 1.95 bits per heavy atom. The molecule has 0 radical (unpaired) electrons. The number of rotatable bonds is 6. The highest BCUT2D eigenvalue weighted by Crippen LogP contribution is 2.30. The Bertz CT molecular complexity index is 619. The molecule has 1 aromatic heterocycles. The number of hydrogen-bond donors (Lipinski definition) is 2. The second kappa shape index (κ2) is 7.13. The van der Waals surface area contributed by atoms with E-state index < -0.39 is 0 Å². The summed E-state index contributed by atoms with van der Waals surface area (Å²) in [5.41, 5.74) is 1.91. The van der Waals surface area contributed by atoms with Gasteiger partial charge in [0.2, 0.25) is 0 Å². The lowest BCUT2D eigenvalue weighted by molar-refractivity contribution is 0.415. The first kappa shape index (κ1) is 15.4. The van der Waals surface area contributed by atoms with Gasteiger partial charge in [0.05, 0.1) is 12.1 Å². The number of methoxy groups -OCH3 is 1. The van der Waals surface area contributed by atoms with Gasteiger partial charge in [-0.2, -0.15) is 0 Å². The quantitative estimate of drug-likeness (QED) is 0.848. The van der Waals surface area contributed by atoms with Gasteiger partial charge in [-0.15, -0.1) is 0 Å². The maximum Gasteiger partial charge on any atom is 0.139 e. The van der Waals surface area contributed by atoms with E-state index in [0.717, 1.165) is 35.9 Å². The van der Waals surface area contributed by atoms with E-state index in [9.17, 15) is 0 Å². The van der Waals surface area contributed by atoms with Gasteiger partial charge in [-0.3, -0.25) is 0 Å². The largest absolute Gasteiger partial charge is 0.495 e. The Kier molecular flexibility index (Phi) is 5.22. The van der Waals surface area contributed by atoms with Crippen LogP contribution in [0.3, 0.4) is 0 Å². The third kappa shape index (κ3) is 3.55. The fourth-order valence-corrected chi connectivity index (χ4v) is 2.31. The van der Waals surface area contributed by atoms with Crippen molar-refractivity contribution in [2.24, 2.45) is 0 Å². The van der Waals surface area contributed by atoms with Crippen LogP contribution in [0.4, 0.5) is 17.3 Å². The molecule has 5 nitrogen and oxygen atoms in total. The van der Waals surface area contributed by atoms with Gasteiger partial charge < -0.3 is 15.4 Å². The van der Waals surface area contributed by atoms with Crippen molar-refractivity contribution < 1.29 is 4.74 Å². The zero-order chi connectivity index (χ0) is 15.2. The summed E-state index contributed by atoms with van der Waals surface area (Å²) in [6.45, 7) is 4.93. The highest BCUT2D eigenvalue weighted by atomic mass is 35.5. The highest BCUT2D eigenvalue weighted by Gasteiger charge is 2.10. The lowest BCUT2D eigenvalue weighted by Crippen LogP contribution is -2.07. The number of hydrogen-bond acceptors (Lipinski definition) is 5. The minimum absolute atomic E-state index is 0.557. The van der Waals surface area contributed by atoms with Gasteiger partial charge in [-0.25, -0.2) is 9.97 Å². The molecule has 21 heavy (non-hydrogen) atoms. The second-order valence-corrected chi connectivity index (χ2v) is 4.81. The fraction of sp³-hybridized carbons (Fsp3) is 0.333. The average molecular weight is 307 g/mol. The number of nitrogens with zero attached hydrogens (tertiary/aromatic N) is 2. The molecule has 2 rings (SSSR count). The van der Waals surface area contributed by atoms with Gasteiger partial charge in [-0.05, 0) is 31.5 Å². The van der Waals surface area contributed by atoms with E-state index in [1.807, 2.05) is 25.1 Å². The van der Waals surface area contributed by atoms with Gasteiger partial charge in [0.25, 0.3) is 0 Å². The second-order valence-electron chi connectivity index (χ2n) is 4.41. The van der Waals surface area contributed by atoms with E-state index in [0.29, 0.717) is 10.8 Å². The molecule has 0 amide bonds. The van der Waals surface area contributed by atoms with E-state index in [1.165, 1.54) is 0 Å². The van der Waals surface area contributed by atoms with Gasteiger partial charge >= 0.3 is 0 Å². The summed E-state index contributed by atoms with van der Waals surface area (Å²) in [5, 5.41) is 7.09. The van der Waals surface area contributed by atoms with Crippen molar-refractivity contribution in [3.63, 3.8) is 0 Å². The molecule has 0 aliphatic carbocycles. The van der Waals surface area contributed by atoms with Crippen molar-refractivity contribution in [1.29, 1.82) is 0 Å². The Labute approximate surface area is 129 Å². The van der Waals surface area contributed by atoms with Crippen LogP contribution in [0.25, 0.3) is 0 Å². The van der Waals surface area contributed by atoms with Crippen LogP contribution in [0.1, 0.15) is 19.4 Å². The predicted octanol–water partition coefficient (Wildman–Crippen LogP) is 3.88. The van der Waals surface area contributed by atoms with E-state index >= 15 is 0 Å². The smallest absolute Gasteiger partial charge is 0.139 e. The topological polar surface area (TPSA) is 59.1 Å². The van der Waals surface area contributed by atoms with Gasteiger partial charge in [0, 0.05) is 17.8 Å². The summed E-state index contributed by atoms with van der Waals surface area (Å²) >= 11 is 6.14. The Morgan fingerprint density at radius 1 is 1.19 bits per heavy atom. The van der Waals surface area contributed by atoms with Crippen LogP contribution >= 0.6 is 11.6 Å². The van der Waals surface area contributed by atoms with E-state index in [2.05, 4.69) is 27.5 Å². The minimum atomic E-state index is 0.557. The number of aromatic nitrogens is 2. The zero-order valence-corrected chi connectivity index (χ0v) is 13.2. The van der Waals surface area contributed by atoms with Crippen molar-refractivity contribution >= 4 is 28.9 Å². The van der Waals surface area contributed by atoms with Crippen LogP contribution in [0.2, 0.25) is 5.02 Å². The summed E-state index contributed by atoms with van der Waals surface area (Å²) in [7, 11) is 1.59. The van der Waals surface area contributed by atoms with E-state index in [1.54, 1.807) is 13.4 Å². The number of nitrogens with one attached hydrogen (secondary N) is 2. The third-order valence-electron chi connectivity index (χ3n) is 3.06. The van der Waals surface area contributed by atoms with Crippen molar-refractivity contribution in [3.05, 3.63) is 35.1 Å². The molecule has 0 aliphatic heterocycles. The van der Waals surface area contributed by atoms with Crippen LogP contribution in [0, 0.1) is 0 Å². The lowest BCUT2D eigenvalue weighted by atomic mass is 10.2. The minimum Gasteiger partial charge on any atom is -0.495 e. The first-order valence-electron chi connectivity index (χ1n) is 6.87. The lowest BCUT2D eigenvalue weighted by Gasteiger charge is -2.14. The number of anilines is 3. The molecule has 0 spiro atoms. The van der Waals surface area contributed by atoms with Crippen molar-refractivity contribution in [2.45, 2.75) is 20.3 Å². The SMILES string of the molecule is CCNc1ncnc(Nc2ccc(OC)c(Cl)c2)c1CC. The van der Waals surface area contributed by atoms with Crippen LogP contribution < -0.4 is 15.4 Å². The monoisotopic (exact) mass is 306 g/mol. The fourth-order valence-electron chi connectivity index (χ4n) is 2.06. The van der Waals surface area contributed by atoms with Crippen LogP contribution in [0.5, 0.6) is 5.75 Å². The molecule has 2 aromatic rings. The van der Waals surface area contributed by atoms with Crippen LogP contribution in [0.15, 0.2) is 24.5 Å². The number of halogens is 1. The van der Waals surface area contributed by atoms with Gasteiger partial charge in [0.15, 0.2) is 0 Å². The average Bonchev–Trinajstić information content (AvgIpc) is 2.48.